The first kappa shape index (κ1) is 24.7. The van der Waals surface area contributed by atoms with E-state index in [0.29, 0.717) is 18.1 Å². The molecule has 0 aliphatic heterocycles. The molecule has 3 aromatic rings. The molecule has 0 aliphatic carbocycles. The topological polar surface area (TPSA) is 24.7 Å². The molecule has 0 fully saturated rings. The van der Waals surface area contributed by atoms with Gasteiger partial charge in [-0.25, -0.2) is 22.0 Å². The van der Waals surface area contributed by atoms with Crippen LogP contribution < -0.4 is 10.6 Å². The molecule has 3 rings (SSSR count). The van der Waals surface area contributed by atoms with E-state index in [1.807, 2.05) is 81.4 Å². The van der Waals surface area contributed by atoms with E-state index in [4.69, 9.17) is 0 Å². The predicted molar refractivity (Wildman–Crippen MR) is 125 cm³/mol. The van der Waals surface area contributed by atoms with Crippen LogP contribution in [0.1, 0.15) is 26.3 Å². The molecule has 0 heterocycles. The Hall–Kier alpha value is -2.92. The quantitative estimate of drug-likeness (QED) is 0.0991. The van der Waals surface area contributed by atoms with E-state index in [2.05, 4.69) is 10.2 Å². The van der Waals surface area contributed by atoms with Gasteiger partial charge in [-0.3, -0.25) is 0 Å². The third-order valence-corrected chi connectivity index (χ3v) is 7.38. The third-order valence-electron chi connectivity index (χ3n) is 4.92. The third kappa shape index (κ3) is 5.72. The first-order chi connectivity index (χ1) is 15.6. The Bertz CT molecular complexity index is 1100. The molecule has 0 amide bonds. The maximum Gasteiger partial charge on any atom is 0.200 e. The molecule has 0 bridgehead atoms. The molecule has 0 aliphatic rings. The first-order valence-corrected chi connectivity index (χ1v) is 11.6. The summed E-state index contributed by atoms with van der Waals surface area (Å²) in [5.74, 6) is -10.1. The molecular formula is C25H22F5N2P. The van der Waals surface area contributed by atoms with Crippen molar-refractivity contribution in [3.05, 3.63) is 95.3 Å². The van der Waals surface area contributed by atoms with E-state index >= 15 is 0 Å². The van der Waals surface area contributed by atoms with Crippen LogP contribution in [0.2, 0.25) is 0 Å². The molecule has 33 heavy (non-hydrogen) atoms. The summed E-state index contributed by atoms with van der Waals surface area (Å²) in [6, 6.07) is 19.7. The van der Waals surface area contributed by atoms with E-state index in [1.54, 1.807) is 0 Å². The van der Waals surface area contributed by atoms with Gasteiger partial charge in [0, 0.05) is 11.6 Å². The summed E-state index contributed by atoms with van der Waals surface area (Å²) in [4.78, 5) is 0. The normalized spacial score (nSPS) is 12.7. The van der Waals surface area contributed by atoms with Gasteiger partial charge in [0.2, 0.25) is 5.82 Å². The Labute approximate surface area is 190 Å². The highest BCUT2D eigenvalue weighted by Gasteiger charge is 2.26. The van der Waals surface area contributed by atoms with Crippen molar-refractivity contribution in [1.82, 2.24) is 0 Å². The van der Waals surface area contributed by atoms with E-state index in [1.165, 1.54) is 0 Å². The average Bonchev–Trinajstić information content (AvgIpc) is 2.81. The zero-order valence-corrected chi connectivity index (χ0v) is 19.2. The summed E-state index contributed by atoms with van der Waals surface area (Å²) < 4.78 is 68.1. The van der Waals surface area contributed by atoms with Crippen molar-refractivity contribution in [1.29, 1.82) is 0 Å². The van der Waals surface area contributed by atoms with E-state index in [9.17, 15) is 22.0 Å². The second-order valence-corrected chi connectivity index (χ2v) is 10.5. The fraction of sp³-hybridized carbons (Fsp3) is 0.200. The van der Waals surface area contributed by atoms with Gasteiger partial charge < -0.3 is 0 Å². The standard InChI is InChI=1S/C25H22F5N2P/c1-25(2,3)19(32-31-14-18-20(26)22(28)24(30)23(29)21(18)27)15-33(16-10-6-4-7-11-16)17-12-8-5-9-13-17/h4-14H,15H2,1-3H3/b31-14+,32-19-. The van der Waals surface area contributed by atoms with Crippen LogP contribution in [0.25, 0.3) is 0 Å². The monoisotopic (exact) mass is 476 g/mol. The molecule has 0 radical (unpaired) electrons. The molecule has 0 spiro atoms. The van der Waals surface area contributed by atoms with Gasteiger partial charge in [0.25, 0.3) is 0 Å². The van der Waals surface area contributed by atoms with Crippen LogP contribution in [-0.2, 0) is 0 Å². The van der Waals surface area contributed by atoms with Crippen molar-refractivity contribution in [2.24, 2.45) is 15.6 Å². The van der Waals surface area contributed by atoms with Crippen molar-refractivity contribution >= 4 is 30.5 Å². The van der Waals surface area contributed by atoms with Gasteiger partial charge >= 0.3 is 0 Å². The first-order valence-electron chi connectivity index (χ1n) is 10.1. The van der Waals surface area contributed by atoms with Crippen LogP contribution in [0.4, 0.5) is 22.0 Å². The summed E-state index contributed by atoms with van der Waals surface area (Å²) in [5.41, 5.74) is -0.962. The Morgan fingerprint density at radius 2 is 1.15 bits per heavy atom. The number of benzene rings is 3. The van der Waals surface area contributed by atoms with E-state index in [0.717, 1.165) is 10.6 Å². The minimum atomic E-state index is -2.21. The van der Waals surface area contributed by atoms with E-state index in [-0.39, 0.29) is 0 Å². The Kier molecular flexibility index (Phi) is 7.75. The zero-order chi connectivity index (χ0) is 24.2. The van der Waals surface area contributed by atoms with Crippen LogP contribution >= 0.6 is 7.92 Å². The van der Waals surface area contributed by atoms with Gasteiger partial charge in [-0.2, -0.15) is 10.2 Å². The molecule has 0 saturated carbocycles. The minimum absolute atomic E-state index is 0.460. The van der Waals surface area contributed by atoms with Crippen LogP contribution in [0.15, 0.2) is 70.9 Å². The molecule has 0 N–H and O–H groups in total. The van der Waals surface area contributed by atoms with Crippen LogP contribution in [0.3, 0.4) is 0 Å². The zero-order valence-electron chi connectivity index (χ0n) is 18.3. The van der Waals surface area contributed by atoms with Crippen molar-refractivity contribution in [3.8, 4) is 0 Å². The van der Waals surface area contributed by atoms with Crippen LogP contribution in [0.5, 0.6) is 0 Å². The lowest BCUT2D eigenvalue weighted by Gasteiger charge is -2.26. The van der Waals surface area contributed by atoms with Gasteiger partial charge in [0.1, 0.15) is 0 Å². The fourth-order valence-electron chi connectivity index (χ4n) is 3.01. The fourth-order valence-corrected chi connectivity index (χ4v) is 5.57. The van der Waals surface area contributed by atoms with Gasteiger partial charge in [-0.1, -0.05) is 81.4 Å². The lowest BCUT2D eigenvalue weighted by atomic mass is 9.91. The van der Waals surface area contributed by atoms with E-state index < -0.39 is 48.0 Å². The second-order valence-electron chi connectivity index (χ2n) is 8.28. The van der Waals surface area contributed by atoms with Crippen molar-refractivity contribution in [3.63, 3.8) is 0 Å². The molecule has 0 unspecified atom stereocenters. The molecule has 172 valence electrons. The lowest BCUT2D eigenvalue weighted by Crippen LogP contribution is -2.27. The Morgan fingerprint density at radius 1 is 0.727 bits per heavy atom. The molecule has 3 aromatic carbocycles. The van der Waals surface area contributed by atoms with Gasteiger partial charge in [-0.15, -0.1) is 0 Å². The SMILES string of the molecule is CC(C)(C)/C(CP(c1ccccc1)c1ccccc1)=N\N=C\c1c(F)c(F)c(F)c(F)c1F. The maximum absolute atomic E-state index is 14.0. The van der Waals surface area contributed by atoms with Gasteiger partial charge in [-0.05, 0) is 18.5 Å². The highest BCUT2D eigenvalue weighted by atomic mass is 31.1. The molecule has 0 atom stereocenters. The molecule has 0 aromatic heterocycles. The van der Waals surface area contributed by atoms with Gasteiger partial charge in [0.05, 0.1) is 17.5 Å². The van der Waals surface area contributed by atoms with Crippen molar-refractivity contribution < 1.29 is 22.0 Å². The second kappa shape index (κ2) is 10.3. The summed E-state index contributed by atoms with van der Waals surface area (Å²) >= 11 is 0. The van der Waals surface area contributed by atoms with Crippen LogP contribution in [-0.4, -0.2) is 18.1 Å². The van der Waals surface area contributed by atoms with Crippen molar-refractivity contribution in [2.75, 3.05) is 6.16 Å². The van der Waals surface area contributed by atoms with Gasteiger partial charge in [0.15, 0.2) is 23.3 Å². The van der Waals surface area contributed by atoms with Crippen molar-refractivity contribution in [2.45, 2.75) is 20.8 Å². The molecule has 2 nitrogen and oxygen atoms in total. The Morgan fingerprint density at radius 3 is 1.58 bits per heavy atom. The summed E-state index contributed by atoms with van der Waals surface area (Å²) in [6.07, 6.45) is 1.07. The Balaban J connectivity index is 2.01. The molecule has 0 saturated heterocycles. The number of hydrogen-bond donors (Lipinski definition) is 0. The van der Waals surface area contributed by atoms with Crippen LogP contribution in [0, 0.1) is 34.5 Å². The minimum Gasteiger partial charge on any atom is -0.203 e. The maximum atomic E-state index is 14.0. The number of rotatable bonds is 6. The number of nitrogens with zero attached hydrogens (tertiary/aromatic N) is 2. The highest BCUT2D eigenvalue weighted by molar-refractivity contribution is 7.73. The summed E-state index contributed by atoms with van der Waals surface area (Å²) in [7, 11) is -0.875. The number of halogens is 5. The molecular weight excluding hydrogens is 454 g/mol. The highest BCUT2D eigenvalue weighted by Crippen LogP contribution is 2.36. The average molecular weight is 476 g/mol. The largest absolute Gasteiger partial charge is 0.203 e. The predicted octanol–water partition coefficient (Wildman–Crippen LogP) is 6.34. The smallest absolute Gasteiger partial charge is 0.200 e. The summed E-state index contributed by atoms with van der Waals surface area (Å²) in [6.45, 7) is 5.76. The summed E-state index contributed by atoms with van der Waals surface area (Å²) in [5, 5.41) is 10.1. The lowest BCUT2D eigenvalue weighted by molar-refractivity contribution is 0.377. The molecule has 8 heteroatoms. The number of hydrogen-bond acceptors (Lipinski definition) is 2.